The van der Waals surface area contributed by atoms with Gasteiger partial charge in [-0.05, 0) is 37.1 Å². The molecule has 1 aromatic carbocycles. The van der Waals surface area contributed by atoms with Crippen LogP contribution in [-0.4, -0.2) is 30.8 Å². The molecule has 0 unspecified atom stereocenters. The van der Waals surface area contributed by atoms with E-state index in [0.717, 1.165) is 19.0 Å². The van der Waals surface area contributed by atoms with Gasteiger partial charge in [0.2, 0.25) is 0 Å². The summed E-state index contributed by atoms with van der Waals surface area (Å²) in [6.07, 6.45) is 3.72. The van der Waals surface area contributed by atoms with E-state index >= 15 is 0 Å². The number of aromatic carboxylic acids is 1. The van der Waals surface area contributed by atoms with Crippen LogP contribution < -0.4 is 10.1 Å². The third kappa shape index (κ3) is 7.14. The highest BCUT2D eigenvalue weighted by Crippen LogP contribution is 2.12. The third-order valence-electron chi connectivity index (χ3n) is 3.01. The van der Waals surface area contributed by atoms with E-state index in [9.17, 15) is 4.79 Å². The monoisotopic (exact) mass is 279 g/mol. The molecule has 0 aliphatic rings. The highest BCUT2D eigenvalue weighted by Gasteiger charge is 2.03. The normalized spacial score (nSPS) is 10.8. The largest absolute Gasteiger partial charge is 0.492 e. The number of ether oxygens (including phenoxy) is 1. The number of benzene rings is 1. The molecule has 1 rings (SSSR count). The summed E-state index contributed by atoms with van der Waals surface area (Å²) in [6, 6.07) is 6.57. The third-order valence-corrected chi connectivity index (χ3v) is 3.01. The number of rotatable bonds is 10. The summed E-state index contributed by atoms with van der Waals surface area (Å²) >= 11 is 0. The molecular formula is C16H25NO3. The van der Waals surface area contributed by atoms with Crippen LogP contribution in [0.3, 0.4) is 0 Å². The predicted molar refractivity (Wildman–Crippen MR) is 80.5 cm³/mol. The average Bonchev–Trinajstić information content (AvgIpc) is 2.41. The van der Waals surface area contributed by atoms with Gasteiger partial charge in [-0.3, -0.25) is 0 Å². The summed E-state index contributed by atoms with van der Waals surface area (Å²) in [4.78, 5) is 10.8. The second-order valence-corrected chi connectivity index (χ2v) is 5.32. The van der Waals surface area contributed by atoms with Gasteiger partial charge in [-0.25, -0.2) is 4.79 Å². The fraction of sp³-hybridized carbons (Fsp3) is 0.562. The topological polar surface area (TPSA) is 58.6 Å². The Morgan fingerprint density at radius 3 is 2.80 bits per heavy atom. The molecule has 112 valence electrons. The Balaban J connectivity index is 2.09. The SMILES string of the molecule is CC(C)CCCCNCCOc1cccc(C(=O)O)c1. The van der Waals surface area contributed by atoms with Gasteiger partial charge in [-0.15, -0.1) is 0 Å². The van der Waals surface area contributed by atoms with E-state index in [1.165, 1.54) is 19.3 Å². The van der Waals surface area contributed by atoms with Crippen molar-refractivity contribution < 1.29 is 14.6 Å². The van der Waals surface area contributed by atoms with Gasteiger partial charge in [0.25, 0.3) is 0 Å². The molecule has 0 atom stereocenters. The molecule has 0 amide bonds. The Morgan fingerprint density at radius 2 is 2.10 bits per heavy atom. The maximum absolute atomic E-state index is 10.8. The molecular weight excluding hydrogens is 254 g/mol. The second-order valence-electron chi connectivity index (χ2n) is 5.32. The first-order chi connectivity index (χ1) is 9.59. The van der Waals surface area contributed by atoms with Gasteiger partial charge in [-0.1, -0.05) is 32.8 Å². The van der Waals surface area contributed by atoms with Gasteiger partial charge >= 0.3 is 5.97 Å². The molecule has 4 nitrogen and oxygen atoms in total. The van der Waals surface area contributed by atoms with Crippen molar-refractivity contribution in [2.75, 3.05) is 19.7 Å². The Morgan fingerprint density at radius 1 is 1.30 bits per heavy atom. The fourth-order valence-corrected chi connectivity index (χ4v) is 1.89. The highest BCUT2D eigenvalue weighted by atomic mass is 16.5. The summed E-state index contributed by atoms with van der Waals surface area (Å²) in [5.74, 6) is 0.449. The molecule has 0 aromatic heterocycles. The van der Waals surface area contributed by atoms with E-state index in [1.807, 2.05) is 0 Å². The minimum atomic E-state index is -0.932. The summed E-state index contributed by atoms with van der Waals surface area (Å²) in [5.41, 5.74) is 0.254. The lowest BCUT2D eigenvalue weighted by Crippen LogP contribution is -2.22. The molecule has 2 N–H and O–H groups in total. The lowest BCUT2D eigenvalue weighted by Gasteiger charge is -2.08. The lowest BCUT2D eigenvalue weighted by molar-refractivity contribution is 0.0696. The van der Waals surface area contributed by atoms with E-state index in [-0.39, 0.29) is 5.56 Å². The zero-order valence-electron chi connectivity index (χ0n) is 12.4. The molecule has 0 fully saturated rings. The standard InChI is InChI=1S/C16H25NO3/c1-13(2)6-3-4-9-17-10-11-20-15-8-5-7-14(12-15)16(18)19/h5,7-8,12-13,17H,3-4,6,9-11H2,1-2H3,(H,18,19). The number of hydrogen-bond acceptors (Lipinski definition) is 3. The first kappa shape index (κ1) is 16.5. The van der Waals surface area contributed by atoms with Crippen molar-refractivity contribution in [1.29, 1.82) is 0 Å². The van der Waals surface area contributed by atoms with Crippen LogP contribution in [0.5, 0.6) is 5.75 Å². The van der Waals surface area contributed by atoms with Crippen molar-refractivity contribution in [2.24, 2.45) is 5.92 Å². The first-order valence-corrected chi connectivity index (χ1v) is 7.26. The highest BCUT2D eigenvalue weighted by molar-refractivity contribution is 5.87. The number of hydrogen-bond donors (Lipinski definition) is 2. The number of carboxylic acid groups (broad SMARTS) is 1. The van der Waals surface area contributed by atoms with Crippen LogP contribution in [0.25, 0.3) is 0 Å². The van der Waals surface area contributed by atoms with Crippen LogP contribution in [0, 0.1) is 5.92 Å². The lowest BCUT2D eigenvalue weighted by atomic mass is 10.1. The molecule has 0 aliphatic carbocycles. The molecule has 0 bridgehead atoms. The van der Waals surface area contributed by atoms with Crippen LogP contribution in [0.1, 0.15) is 43.5 Å². The van der Waals surface area contributed by atoms with Crippen molar-refractivity contribution in [3.63, 3.8) is 0 Å². The predicted octanol–water partition coefficient (Wildman–Crippen LogP) is 3.18. The van der Waals surface area contributed by atoms with Crippen LogP contribution in [-0.2, 0) is 0 Å². The molecule has 0 heterocycles. The quantitative estimate of drug-likeness (QED) is 0.646. The maximum atomic E-state index is 10.8. The zero-order valence-corrected chi connectivity index (χ0v) is 12.4. The molecule has 1 aromatic rings. The smallest absolute Gasteiger partial charge is 0.335 e. The summed E-state index contributed by atoms with van der Waals surface area (Å²) in [5, 5.41) is 12.2. The van der Waals surface area contributed by atoms with Crippen LogP contribution >= 0.6 is 0 Å². The van der Waals surface area contributed by atoms with E-state index in [1.54, 1.807) is 24.3 Å². The summed E-state index contributed by atoms with van der Waals surface area (Å²) in [7, 11) is 0. The zero-order chi connectivity index (χ0) is 14.8. The number of carboxylic acids is 1. The van der Waals surface area contributed by atoms with Gasteiger partial charge < -0.3 is 15.2 Å². The van der Waals surface area contributed by atoms with E-state index < -0.39 is 5.97 Å². The molecule has 0 spiro atoms. The van der Waals surface area contributed by atoms with Crippen molar-refractivity contribution in [1.82, 2.24) is 5.32 Å². The van der Waals surface area contributed by atoms with Gasteiger partial charge in [0, 0.05) is 6.54 Å². The molecule has 4 heteroatoms. The van der Waals surface area contributed by atoms with Crippen LogP contribution in [0.4, 0.5) is 0 Å². The van der Waals surface area contributed by atoms with E-state index in [4.69, 9.17) is 9.84 Å². The Hall–Kier alpha value is -1.55. The summed E-state index contributed by atoms with van der Waals surface area (Å²) in [6.45, 7) is 6.82. The Bertz CT molecular complexity index is 404. The second kappa shape index (κ2) is 9.37. The van der Waals surface area contributed by atoms with Gasteiger partial charge in [0.1, 0.15) is 12.4 Å². The minimum absolute atomic E-state index is 0.254. The van der Waals surface area contributed by atoms with Crippen LogP contribution in [0.2, 0.25) is 0 Å². The minimum Gasteiger partial charge on any atom is -0.492 e. The van der Waals surface area contributed by atoms with Gasteiger partial charge in [0.15, 0.2) is 0 Å². The first-order valence-electron chi connectivity index (χ1n) is 7.26. The molecule has 0 radical (unpaired) electrons. The van der Waals surface area contributed by atoms with Crippen molar-refractivity contribution >= 4 is 5.97 Å². The summed E-state index contributed by atoms with van der Waals surface area (Å²) < 4.78 is 5.52. The van der Waals surface area contributed by atoms with Gasteiger partial charge in [-0.2, -0.15) is 0 Å². The molecule has 20 heavy (non-hydrogen) atoms. The Labute approximate surface area is 121 Å². The number of carbonyl (C=O) groups is 1. The molecule has 0 saturated carbocycles. The van der Waals surface area contributed by atoms with E-state index in [2.05, 4.69) is 19.2 Å². The van der Waals surface area contributed by atoms with Crippen molar-refractivity contribution in [3.05, 3.63) is 29.8 Å². The molecule has 0 saturated heterocycles. The van der Waals surface area contributed by atoms with Crippen molar-refractivity contribution in [3.8, 4) is 5.75 Å². The number of nitrogens with one attached hydrogen (secondary N) is 1. The number of unbranched alkanes of at least 4 members (excludes halogenated alkanes) is 1. The van der Waals surface area contributed by atoms with Crippen molar-refractivity contribution in [2.45, 2.75) is 33.1 Å². The maximum Gasteiger partial charge on any atom is 0.335 e. The average molecular weight is 279 g/mol. The molecule has 0 aliphatic heterocycles. The fourth-order valence-electron chi connectivity index (χ4n) is 1.89. The van der Waals surface area contributed by atoms with E-state index in [0.29, 0.717) is 12.4 Å². The Kier molecular flexibility index (Phi) is 7.73. The van der Waals surface area contributed by atoms with Crippen LogP contribution in [0.15, 0.2) is 24.3 Å². The van der Waals surface area contributed by atoms with Gasteiger partial charge in [0.05, 0.1) is 5.56 Å².